The van der Waals surface area contributed by atoms with E-state index in [1.807, 2.05) is 29.0 Å². The number of nitrogens with zero attached hydrogens (tertiary/aromatic N) is 4. The fourth-order valence-electron chi connectivity index (χ4n) is 3.24. The number of carbonyl (C=O) groups is 1. The molecule has 0 saturated heterocycles. The van der Waals surface area contributed by atoms with Gasteiger partial charge < -0.3 is 14.9 Å². The molecule has 30 heavy (non-hydrogen) atoms. The lowest BCUT2D eigenvalue weighted by atomic mass is 10.2. The number of benzene rings is 1. The van der Waals surface area contributed by atoms with Gasteiger partial charge in [-0.05, 0) is 32.4 Å². The van der Waals surface area contributed by atoms with Crippen molar-refractivity contribution in [2.24, 2.45) is 0 Å². The Morgan fingerprint density at radius 1 is 1.27 bits per heavy atom. The van der Waals surface area contributed by atoms with Gasteiger partial charge in [0.25, 0.3) is 0 Å². The third kappa shape index (κ3) is 3.63. The normalized spacial score (nSPS) is 11.2. The van der Waals surface area contributed by atoms with Gasteiger partial charge in [0.05, 0.1) is 23.4 Å². The molecule has 0 atom stereocenters. The summed E-state index contributed by atoms with van der Waals surface area (Å²) in [5.41, 5.74) is 8.91. The number of esters is 1. The van der Waals surface area contributed by atoms with Gasteiger partial charge in [0.15, 0.2) is 5.16 Å². The SMILES string of the molecule is CCOC(=O)c1c(C)oc2nc(CSc3nccn3-c3ccccc3C)nc(N)c12. The molecule has 0 unspecified atom stereocenters. The number of furan rings is 1. The minimum atomic E-state index is -0.494. The number of fused-ring (bicyclic) bond motifs is 1. The van der Waals surface area contributed by atoms with Crippen molar-refractivity contribution in [3.63, 3.8) is 0 Å². The second-order valence-electron chi connectivity index (χ2n) is 6.61. The fraction of sp³-hybridized carbons (Fsp3) is 0.238. The molecule has 0 aliphatic rings. The molecule has 3 heterocycles. The zero-order valence-electron chi connectivity index (χ0n) is 16.9. The van der Waals surface area contributed by atoms with E-state index in [9.17, 15) is 4.79 Å². The maximum Gasteiger partial charge on any atom is 0.342 e. The Bertz CT molecular complexity index is 1230. The molecule has 0 amide bonds. The van der Waals surface area contributed by atoms with E-state index in [4.69, 9.17) is 14.9 Å². The standard InChI is InChI=1S/C21H21N5O3S/c1-4-28-20(27)16-13(3)29-19-17(16)18(22)24-15(25-19)11-30-21-23-9-10-26(21)14-8-6-5-7-12(14)2/h5-10H,4,11H2,1-3H3,(H2,22,24,25). The molecule has 0 aliphatic heterocycles. The van der Waals surface area contributed by atoms with Gasteiger partial charge in [0, 0.05) is 12.4 Å². The smallest absolute Gasteiger partial charge is 0.342 e. The summed E-state index contributed by atoms with van der Waals surface area (Å²) < 4.78 is 12.8. The van der Waals surface area contributed by atoms with E-state index in [0.717, 1.165) is 16.4 Å². The second-order valence-corrected chi connectivity index (χ2v) is 7.56. The van der Waals surface area contributed by atoms with Crippen LogP contribution in [0.15, 0.2) is 46.2 Å². The minimum Gasteiger partial charge on any atom is -0.462 e. The molecule has 8 nitrogen and oxygen atoms in total. The maximum atomic E-state index is 12.3. The number of aryl methyl sites for hydroxylation is 2. The van der Waals surface area contributed by atoms with E-state index in [1.54, 1.807) is 20.0 Å². The van der Waals surface area contributed by atoms with Gasteiger partial charge in [-0.1, -0.05) is 30.0 Å². The van der Waals surface area contributed by atoms with Crippen LogP contribution in [0.5, 0.6) is 0 Å². The Hall–Kier alpha value is -3.33. The molecule has 3 aromatic heterocycles. The lowest BCUT2D eigenvalue weighted by Crippen LogP contribution is -2.07. The van der Waals surface area contributed by atoms with Crippen LogP contribution in [0.3, 0.4) is 0 Å². The maximum absolute atomic E-state index is 12.3. The average Bonchev–Trinajstić information content (AvgIpc) is 3.30. The number of carbonyl (C=O) groups excluding carboxylic acids is 1. The molecular weight excluding hydrogens is 402 g/mol. The van der Waals surface area contributed by atoms with E-state index in [2.05, 4.69) is 27.9 Å². The molecule has 0 spiro atoms. The molecule has 1 aromatic carbocycles. The van der Waals surface area contributed by atoms with Gasteiger partial charge >= 0.3 is 5.97 Å². The van der Waals surface area contributed by atoms with Crippen LogP contribution in [0.4, 0.5) is 5.82 Å². The van der Waals surface area contributed by atoms with Crippen molar-refractivity contribution in [1.29, 1.82) is 0 Å². The summed E-state index contributed by atoms with van der Waals surface area (Å²) in [6.07, 6.45) is 3.68. The van der Waals surface area contributed by atoms with Gasteiger partial charge in [-0.2, -0.15) is 4.98 Å². The summed E-state index contributed by atoms with van der Waals surface area (Å²) in [6, 6.07) is 8.10. The number of aromatic nitrogens is 4. The first kappa shape index (κ1) is 20.0. The van der Waals surface area contributed by atoms with Crippen molar-refractivity contribution in [2.45, 2.75) is 31.7 Å². The molecule has 4 aromatic rings. The van der Waals surface area contributed by atoms with Gasteiger partial charge in [0.1, 0.15) is 23.0 Å². The largest absolute Gasteiger partial charge is 0.462 e. The van der Waals surface area contributed by atoms with Crippen molar-refractivity contribution in [3.05, 3.63) is 59.4 Å². The van der Waals surface area contributed by atoms with Crippen LogP contribution in [-0.4, -0.2) is 32.1 Å². The van der Waals surface area contributed by atoms with Crippen molar-refractivity contribution in [2.75, 3.05) is 12.3 Å². The number of nitrogens with two attached hydrogens (primary N) is 1. The number of thioether (sulfide) groups is 1. The number of imidazole rings is 1. The van der Waals surface area contributed by atoms with E-state index in [-0.39, 0.29) is 23.7 Å². The average molecular weight is 423 g/mol. The van der Waals surface area contributed by atoms with Gasteiger partial charge in [-0.15, -0.1) is 0 Å². The number of anilines is 1. The monoisotopic (exact) mass is 423 g/mol. The Kier molecular flexibility index (Phi) is 5.45. The molecule has 4 rings (SSSR count). The van der Waals surface area contributed by atoms with Crippen LogP contribution < -0.4 is 5.73 Å². The Morgan fingerprint density at radius 3 is 2.83 bits per heavy atom. The number of nitrogen functional groups attached to an aromatic ring is 1. The summed E-state index contributed by atoms with van der Waals surface area (Å²) in [4.78, 5) is 25.5. The summed E-state index contributed by atoms with van der Waals surface area (Å²) in [5.74, 6) is 1.04. The fourth-order valence-corrected chi connectivity index (χ4v) is 4.06. The summed E-state index contributed by atoms with van der Waals surface area (Å²) >= 11 is 1.49. The lowest BCUT2D eigenvalue weighted by molar-refractivity contribution is 0.0526. The second kappa shape index (κ2) is 8.19. The first-order valence-electron chi connectivity index (χ1n) is 9.44. The molecular formula is C21H21N5O3S. The van der Waals surface area contributed by atoms with Gasteiger partial charge in [-0.25, -0.2) is 14.8 Å². The van der Waals surface area contributed by atoms with Crippen LogP contribution in [-0.2, 0) is 10.5 Å². The molecule has 2 N–H and O–H groups in total. The van der Waals surface area contributed by atoms with Crippen molar-refractivity contribution in [1.82, 2.24) is 19.5 Å². The number of rotatable bonds is 6. The van der Waals surface area contributed by atoms with Crippen LogP contribution >= 0.6 is 11.8 Å². The first-order chi connectivity index (χ1) is 14.5. The Morgan fingerprint density at radius 2 is 2.07 bits per heavy atom. The third-order valence-corrected chi connectivity index (χ3v) is 5.56. The number of hydrogen-bond donors (Lipinski definition) is 1. The van der Waals surface area contributed by atoms with Crippen molar-refractivity contribution in [3.8, 4) is 5.69 Å². The molecule has 0 saturated carbocycles. The molecule has 0 radical (unpaired) electrons. The minimum absolute atomic E-state index is 0.192. The predicted molar refractivity (Wildman–Crippen MR) is 115 cm³/mol. The molecule has 0 fully saturated rings. The van der Waals surface area contributed by atoms with Crippen molar-refractivity contribution >= 4 is 34.6 Å². The van der Waals surface area contributed by atoms with E-state index >= 15 is 0 Å². The summed E-state index contributed by atoms with van der Waals surface area (Å²) in [5, 5.41) is 1.20. The van der Waals surface area contributed by atoms with Crippen LogP contribution in [0, 0.1) is 13.8 Å². The molecule has 154 valence electrons. The number of para-hydroxylation sites is 1. The molecule has 9 heteroatoms. The van der Waals surface area contributed by atoms with Crippen molar-refractivity contribution < 1.29 is 13.9 Å². The highest BCUT2D eigenvalue weighted by Gasteiger charge is 2.24. The van der Waals surface area contributed by atoms with Crippen LogP contribution in [0.25, 0.3) is 16.8 Å². The highest BCUT2D eigenvalue weighted by atomic mass is 32.2. The third-order valence-electron chi connectivity index (χ3n) is 4.59. The topological polar surface area (TPSA) is 109 Å². The zero-order chi connectivity index (χ0) is 21.3. The molecule has 0 bridgehead atoms. The lowest BCUT2D eigenvalue weighted by Gasteiger charge is -2.10. The van der Waals surface area contributed by atoms with Crippen LogP contribution in [0.1, 0.15) is 34.4 Å². The van der Waals surface area contributed by atoms with E-state index in [0.29, 0.717) is 22.7 Å². The summed E-state index contributed by atoms with van der Waals surface area (Å²) in [7, 11) is 0. The highest BCUT2D eigenvalue weighted by molar-refractivity contribution is 7.98. The quantitative estimate of drug-likeness (QED) is 0.365. The Labute approximate surface area is 177 Å². The first-order valence-corrected chi connectivity index (χ1v) is 10.4. The predicted octanol–water partition coefficient (Wildman–Crippen LogP) is 4.08. The van der Waals surface area contributed by atoms with Gasteiger partial charge in [-0.3, -0.25) is 4.57 Å². The van der Waals surface area contributed by atoms with E-state index < -0.39 is 5.97 Å². The zero-order valence-corrected chi connectivity index (χ0v) is 17.7. The van der Waals surface area contributed by atoms with E-state index in [1.165, 1.54) is 11.8 Å². The highest BCUT2D eigenvalue weighted by Crippen LogP contribution is 2.30. The summed E-state index contributed by atoms with van der Waals surface area (Å²) in [6.45, 7) is 5.74. The van der Waals surface area contributed by atoms with Gasteiger partial charge in [0.2, 0.25) is 5.71 Å². The molecule has 0 aliphatic carbocycles. The van der Waals surface area contributed by atoms with Crippen LogP contribution in [0.2, 0.25) is 0 Å². The number of hydrogen-bond acceptors (Lipinski definition) is 8. The number of ether oxygens (including phenoxy) is 1. The Balaban J connectivity index is 1.62.